The summed E-state index contributed by atoms with van der Waals surface area (Å²) in [6, 6.07) is 7.08. The van der Waals surface area contributed by atoms with Crippen molar-refractivity contribution in [2.75, 3.05) is 4.72 Å². The minimum absolute atomic E-state index is 0.0520. The number of para-hydroxylation sites is 1. The smallest absolute Gasteiger partial charge is 0.277 e. The van der Waals surface area contributed by atoms with E-state index in [2.05, 4.69) is 32.4 Å². The second-order valence-electron chi connectivity index (χ2n) is 3.51. The quantitative estimate of drug-likeness (QED) is 0.809. The summed E-state index contributed by atoms with van der Waals surface area (Å²) in [5, 5.41) is 3.85. The van der Waals surface area contributed by atoms with Crippen LogP contribution in [-0.4, -0.2) is 18.2 Å². The Balaban J connectivity index is 2.43. The van der Waals surface area contributed by atoms with Gasteiger partial charge < -0.3 is 0 Å². The Morgan fingerprint density at radius 3 is 2.61 bits per heavy atom. The van der Waals surface area contributed by atoms with Crippen LogP contribution in [0.5, 0.6) is 0 Å². The fraction of sp³-hybridized carbons (Fsp3) is 0.100. The summed E-state index contributed by atoms with van der Waals surface area (Å²) in [6.45, 7) is 0. The van der Waals surface area contributed by atoms with Crippen molar-refractivity contribution in [3.05, 3.63) is 39.1 Å². The highest BCUT2D eigenvalue weighted by Gasteiger charge is 2.23. The Morgan fingerprint density at radius 2 is 2.06 bits per heavy atom. The third-order valence-electron chi connectivity index (χ3n) is 2.22. The normalized spacial score (nSPS) is 11.5. The van der Waals surface area contributed by atoms with Crippen molar-refractivity contribution in [3.8, 4) is 0 Å². The van der Waals surface area contributed by atoms with Gasteiger partial charge in [-0.15, -0.1) is 0 Å². The number of anilines is 1. The van der Waals surface area contributed by atoms with E-state index in [-0.39, 0.29) is 10.0 Å². The van der Waals surface area contributed by atoms with E-state index >= 15 is 0 Å². The summed E-state index contributed by atoms with van der Waals surface area (Å²) in [5.41, 5.74) is 0.510. The van der Waals surface area contributed by atoms with Crippen LogP contribution in [0.4, 0.5) is 5.69 Å². The maximum Gasteiger partial charge on any atom is 0.280 e. The fourth-order valence-electron chi connectivity index (χ4n) is 1.44. The highest BCUT2D eigenvalue weighted by Crippen LogP contribution is 2.25. The molecule has 1 N–H and O–H groups in total. The van der Waals surface area contributed by atoms with E-state index in [1.807, 2.05) is 12.1 Å². The van der Waals surface area contributed by atoms with Crippen LogP contribution in [0.15, 0.2) is 35.5 Å². The summed E-state index contributed by atoms with van der Waals surface area (Å²) >= 11 is 7.88. The van der Waals surface area contributed by atoms with E-state index in [9.17, 15) is 8.42 Å². The van der Waals surface area contributed by atoms with E-state index in [1.54, 1.807) is 12.1 Å². The second-order valence-corrected chi connectivity index (χ2v) is 6.67. The number of rotatable bonds is 3. The van der Waals surface area contributed by atoms with Gasteiger partial charge >= 0.3 is 0 Å². The predicted octanol–water partition coefficient (Wildman–Crippen LogP) is 2.48. The lowest BCUT2D eigenvalue weighted by Gasteiger charge is -2.09. The number of hydrogen-bond acceptors (Lipinski definition) is 3. The molecule has 0 atom stereocenters. The molecular formula is C10H9ClIN3O2S. The number of halogens is 2. The number of benzene rings is 1. The third-order valence-corrected chi connectivity index (χ3v) is 5.03. The minimum atomic E-state index is -3.74. The molecule has 2 rings (SSSR count). The third kappa shape index (κ3) is 2.62. The van der Waals surface area contributed by atoms with Crippen LogP contribution >= 0.6 is 34.2 Å². The van der Waals surface area contributed by atoms with Crippen molar-refractivity contribution < 1.29 is 8.42 Å². The van der Waals surface area contributed by atoms with Gasteiger partial charge in [-0.1, -0.05) is 23.7 Å². The molecule has 0 bridgehead atoms. The number of sulfonamides is 1. The topological polar surface area (TPSA) is 64.0 Å². The molecule has 0 saturated heterocycles. The molecule has 0 unspecified atom stereocenters. The second kappa shape index (κ2) is 5.06. The van der Waals surface area contributed by atoms with E-state index < -0.39 is 10.0 Å². The van der Waals surface area contributed by atoms with Crippen molar-refractivity contribution in [1.82, 2.24) is 9.78 Å². The van der Waals surface area contributed by atoms with Gasteiger partial charge in [-0.3, -0.25) is 9.40 Å². The van der Waals surface area contributed by atoms with Gasteiger partial charge in [0.1, 0.15) is 0 Å². The molecular weight excluding hydrogens is 389 g/mol. The maximum absolute atomic E-state index is 12.2. The van der Waals surface area contributed by atoms with Gasteiger partial charge in [0.05, 0.1) is 16.9 Å². The van der Waals surface area contributed by atoms with E-state index in [4.69, 9.17) is 11.6 Å². The van der Waals surface area contributed by atoms with Gasteiger partial charge in [0.15, 0.2) is 5.03 Å². The molecule has 0 fully saturated rings. The maximum atomic E-state index is 12.2. The first-order valence-corrected chi connectivity index (χ1v) is 7.80. The van der Waals surface area contributed by atoms with Crippen LogP contribution in [0.2, 0.25) is 5.02 Å². The summed E-state index contributed by atoms with van der Waals surface area (Å²) in [7, 11) is -2.22. The Morgan fingerprint density at radius 1 is 1.39 bits per heavy atom. The predicted molar refractivity (Wildman–Crippen MR) is 78.2 cm³/mol. The molecule has 1 heterocycles. The summed E-state index contributed by atoms with van der Waals surface area (Å²) in [6.07, 6.45) is 1.30. The number of nitrogens with one attached hydrogen (secondary N) is 1. The number of nitrogens with zero attached hydrogens (tertiary/aromatic N) is 2. The molecule has 0 aliphatic carbocycles. The first-order valence-electron chi connectivity index (χ1n) is 4.86. The standard InChI is InChI=1S/C10H9ClIN3O2S/c1-15-10(7(11)6-13-15)18(16,17)14-9-5-3-2-4-8(9)12/h2-6,14H,1H3. The van der Waals surface area contributed by atoms with Crippen LogP contribution in [0.25, 0.3) is 0 Å². The molecule has 0 amide bonds. The van der Waals surface area contributed by atoms with Gasteiger partial charge in [0.25, 0.3) is 10.0 Å². The van der Waals surface area contributed by atoms with Gasteiger partial charge in [-0.2, -0.15) is 13.5 Å². The zero-order chi connectivity index (χ0) is 13.3. The molecule has 0 spiro atoms. The van der Waals surface area contributed by atoms with Gasteiger partial charge in [-0.25, -0.2) is 0 Å². The molecule has 18 heavy (non-hydrogen) atoms. The SMILES string of the molecule is Cn1ncc(Cl)c1S(=O)(=O)Nc1ccccc1I. The van der Waals surface area contributed by atoms with E-state index in [0.717, 1.165) is 3.57 Å². The minimum Gasteiger partial charge on any atom is -0.277 e. The molecule has 0 aliphatic rings. The lowest BCUT2D eigenvalue weighted by Crippen LogP contribution is -2.17. The van der Waals surface area contributed by atoms with Gasteiger partial charge in [-0.05, 0) is 34.7 Å². The van der Waals surface area contributed by atoms with Crippen molar-refractivity contribution in [2.24, 2.45) is 7.05 Å². The largest absolute Gasteiger partial charge is 0.280 e. The molecule has 5 nitrogen and oxygen atoms in total. The van der Waals surface area contributed by atoms with Crippen LogP contribution in [-0.2, 0) is 17.1 Å². The van der Waals surface area contributed by atoms with Crippen LogP contribution < -0.4 is 4.72 Å². The summed E-state index contributed by atoms with van der Waals surface area (Å²) in [4.78, 5) is 0. The summed E-state index contributed by atoms with van der Waals surface area (Å²) in [5.74, 6) is 0. The molecule has 1 aromatic heterocycles. The number of hydrogen-bond donors (Lipinski definition) is 1. The monoisotopic (exact) mass is 397 g/mol. The fourth-order valence-corrected chi connectivity index (χ4v) is 3.88. The molecule has 2 aromatic rings. The van der Waals surface area contributed by atoms with Crippen molar-refractivity contribution in [2.45, 2.75) is 5.03 Å². The van der Waals surface area contributed by atoms with Gasteiger partial charge in [0.2, 0.25) is 0 Å². The lowest BCUT2D eigenvalue weighted by atomic mass is 10.3. The zero-order valence-electron chi connectivity index (χ0n) is 9.26. The van der Waals surface area contributed by atoms with E-state index in [0.29, 0.717) is 5.69 Å². The van der Waals surface area contributed by atoms with Crippen molar-refractivity contribution in [1.29, 1.82) is 0 Å². The molecule has 0 saturated carbocycles. The highest BCUT2D eigenvalue weighted by atomic mass is 127. The van der Waals surface area contributed by atoms with Gasteiger partial charge in [0, 0.05) is 10.6 Å². The number of aryl methyl sites for hydroxylation is 1. The Kier molecular flexibility index (Phi) is 3.83. The molecule has 1 aromatic carbocycles. The zero-order valence-corrected chi connectivity index (χ0v) is 13.0. The molecule has 0 aliphatic heterocycles. The average molecular weight is 398 g/mol. The lowest BCUT2D eigenvalue weighted by molar-refractivity contribution is 0.582. The average Bonchev–Trinajstić information content (AvgIpc) is 2.62. The Bertz CT molecular complexity index is 665. The Hall–Kier alpha value is -0.800. The van der Waals surface area contributed by atoms with Crippen LogP contribution in [0.3, 0.4) is 0 Å². The highest BCUT2D eigenvalue weighted by molar-refractivity contribution is 14.1. The van der Waals surface area contributed by atoms with E-state index in [1.165, 1.54) is 17.9 Å². The number of aromatic nitrogens is 2. The van der Waals surface area contributed by atoms with Crippen molar-refractivity contribution in [3.63, 3.8) is 0 Å². The first kappa shape index (κ1) is 13.6. The molecule has 0 radical (unpaired) electrons. The van der Waals surface area contributed by atoms with Crippen LogP contribution in [0, 0.1) is 3.57 Å². The van der Waals surface area contributed by atoms with Crippen molar-refractivity contribution >= 4 is 49.9 Å². The Labute approximate surface area is 123 Å². The molecule has 96 valence electrons. The van der Waals surface area contributed by atoms with Crippen LogP contribution in [0.1, 0.15) is 0 Å². The summed E-state index contributed by atoms with van der Waals surface area (Å²) < 4.78 is 28.9. The molecule has 8 heteroatoms. The first-order chi connectivity index (χ1) is 8.42.